The van der Waals surface area contributed by atoms with Gasteiger partial charge in [-0.05, 0) is 61.9 Å². The summed E-state index contributed by atoms with van der Waals surface area (Å²) in [5.74, 6) is -1.09. The number of hydrogen-bond donors (Lipinski definition) is 2. The molecule has 0 saturated carbocycles. The maximum Gasteiger partial charge on any atom is 0.229 e. The molecular formula is C26H29N3O5S. The van der Waals surface area contributed by atoms with Crippen molar-refractivity contribution in [2.24, 2.45) is 16.8 Å². The lowest BCUT2D eigenvalue weighted by Gasteiger charge is -2.29. The minimum absolute atomic E-state index is 0.0113. The quantitative estimate of drug-likeness (QED) is 0.323. The van der Waals surface area contributed by atoms with Gasteiger partial charge in [-0.15, -0.1) is 0 Å². The van der Waals surface area contributed by atoms with Crippen LogP contribution in [0.1, 0.15) is 42.4 Å². The summed E-state index contributed by atoms with van der Waals surface area (Å²) >= 11 is 0. The van der Waals surface area contributed by atoms with Crippen molar-refractivity contribution in [1.82, 2.24) is 4.98 Å². The van der Waals surface area contributed by atoms with Crippen LogP contribution in [0.4, 0.5) is 5.82 Å². The number of benzene rings is 1. The van der Waals surface area contributed by atoms with Crippen LogP contribution in [0.15, 0.2) is 69.9 Å². The zero-order valence-electron chi connectivity index (χ0n) is 20.0. The Morgan fingerprint density at radius 1 is 1.26 bits per heavy atom. The minimum atomic E-state index is -3.30. The number of anilines is 1. The number of nitrogens with zero attached hydrogens (tertiary/aromatic N) is 2. The predicted molar refractivity (Wildman–Crippen MR) is 135 cm³/mol. The monoisotopic (exact) mass is 495 g/mol. The number of allylic oxidation sites excluding steroid dienone is 3. The van der Waals surface area contributed by atoms with E-state index in [1.54, 1.807) is 44.2 Å². The number of aliphatic hydroxyl groups is 1. The van der Waals surface area contributed by atoms with Gasteiger partial charge in [0.2, 0.25) is 5.91 Å². The largest absolute Gasteiger partial charge is 0.506 e. The van der Waals surface area contributed by atoms with Crippen molar-refractivity contribution >= 4 is 34.1 Å². The highest BCUT2D eigenvalue weighted by Gasteiger charge is 2.37. The van der Waals surface area contributed by atoms with Crippen LogP contribution >= 0.6 is 0 Å². The van der Waals surface area contributed by atoms with E-state index in [0.717, 1.165) is 0 Å². The van der Waals surface area contributed by atoms with Crippen LogP contribution in [0.2, 0.25) is 0 Å². The Morgan fingerprint density at radius 2 is 1.94 bits per heavy atom. The first-order chi connectivity index (χ1) is 16.6. The van der Waals surface area contributed by atoms with E-state index in [0.29, 0.717) is 29.1 Å². The smallest absolute Gasteiger partial charge is 0.229 e. The third-order valence-electron chi connectivity index (χ3n) is 5.95. The molecule has 2 unspecified atom stereocenters. The van der Waals surface area contributed by atoms with Crippen LogP contribution in [-0.4, -0.2) is 42.7 Å². The molecule has 1 heterocycles. The Kier molecular flexibility index (Phi) is 8.01. The number of hydrogen-bond acceptors (Lipinski definition) is 7. The molecule has 3 rings (SSSR count). The maximum absolute atomic E-state index is 13.2. The van der Waals surface area contributed by atoms with E-state index in [9.17, 15) is 23.1 Å². The lowest BCUT2D eigenvalue weighted by Crippen LogP contribution is -2.32. The van der Waals surface area contributed by atoms with Gasteiger partial charge in [0.1, 0.15) is 11.6 Å². The van der Waals surface area contributed by atoms with E-state index in [1.165, 1.54) is 18.2 Å². The van der Waals surface area contributed by atoms with Gasteiger partial charge in [-0.1, -0.05) is 32.1 Å². The lowest BCUT2D eigenvalue weighted by molar-refractivity contribution is -0.115. The predicted octanol–water partition coefficient (Wildman–Crippen LogP) is 4.09. The number of fused-ring (bicyclic) bond motifs is 1. The molecule has 0 spiro atoms. The molecule has 0 bridgehead atoms. The standard InChI is InChI=1S/C26H29N3O5S/c1-5-7-21(30)25(27-4)24-16(3)14-20-19(26(24)32)12-13-22(28-20)29-23(31)15-17-8-10-18(11-9-17)35(33,34)6-2/h5,7-13,16,24,30H,4,6,14-15H2,1-3H3,(H,28,29,31)/b7-5-,25-21+. The average molecular weight is 496 g/mol. The van der Waals surface area contributed by atoms with Crippen molar-refractivity contribution in [2.75, 3.05) is 11.1 Å². The number of rotatable bonds is 8. The number of aromatic nitrogens is 1. The molecule has 2 atom stereocenters. The summed E-state index contributed by atoms with van der Waals surface area (Å²) < 4.78 is 23.9. The summed E-state index contributed by atoms with van der Waals surface area (Å²) in [4.78, 5) is 34.4. The van der Waals surface area contributed by atoms with Gasteiger partial charge >= 0.3 is 0 Å². The van der Waals surface area contributed by atoms with Crippen LogP contribution < -0.4 is 5.32 Å². The Bertz CT molecular complexity index is 1310. The van der Waals surface area contributed by atoms with E-state index in [1.807, 2.05) is 6.92 Å². The summed E-state index contributed by atoms with van der Waals surface area (Å²) in [6.45, 7) is 8.74. The molecule has 0 aliphatic heterocycles. The van der Waals surface area contributed by atoms with Gasteiger partial charge in [0, 0.05) is 5.56 Å². The van der Waals surface area contributed by atoms with Crippen LogP contribution in [-0.2, 0) is 27.5 Å². The third kappa shape index (κ3) is 5.74. The van der Waals surface area contributed by atoms with Crippen molar-refractivity contribution in [3.05, 3.63) is 76.8 Å². The Labute approximate surface area is 205 Å². The SMILES string of the molecule is C=N/C(=C(O)\C=C/C)C1C(=O)c2ccc(NC(=O)Cc3ccc(S(=O)(=O)CC)cc3)nc2CC1C. The molecule has 8 nitrogen and oxygen atoms in total. The first-order valence-corrected chi connectivity index (χ1v) is 12.9. The summed E-state index contributed by atoms with van der Waals surface area (Å²) in [6, 6.07) is 9.41. The first kappa shape index (κ1) is 26.0. The number of pyridine rings is 1. The van der Waals surface area contributed by atoms with E-state index in [4.69, 9.17) is 0 Å². The fourth-order valence-electron chi connectivity index (χ4n) is 4.13. The topological polar surface area (TPSA) is 126 Å². The zero-order valence-corrected chi connectivity index (χ0v) is 20.8. The molecule has 1 aliphatic carbocycles. The molecular weight excluding hydrogens is 466 g/mol. The molecule has 2 aromatic rings. The highest BCUT2D eigenvalue weighted by atomic mass is 32.2. The molecule has 0 fully saturated rings. The molecule has 0 radical (unpaired) electrons. The molecule has 0 saturated heterocycles. The van der Waals surface area contributed by atoms with Crippen molar-refractivity contribution in [2.45, 2.75) is 38.5 Å². The van der Waals surface area contributed by atoms with Crippen molar-refractivity contribution in [3.8, 4) is 0 Å². The number of Topliss-reactive ketones (excluding diaryl/α,β-unsaturated/α-hetero) is 1. The highest BCUT2D eigenvalue weighted by molar-refractivity contribution is 7.91. The molecule has 1 aromatic carbocycles. The number of ketones is 1. The molecule has 9 heteroatoms. The molecule has 184 valence electrons. The third-order valence-corrected chi connectivity index (χ3v) is 7.70. The molecule has 1 aliphatic rings. The Balaban J connectivity index is 1.76. The molecule has 1 aromatic heterocycles. The Morgan fingerprint density at radius 3 is 2.54 bits per heavy atom. The minimum Gasteiger partial charge on any atom is -0.506 e. The van der Waals surface area contributed by atoms with E-state index >= 15 is 0 Å². The second-order valence-corrected chi connectivity index (χ2v) is 10.7. The number of aliphatic hydroxyl groups excluding tert-OH is 1. The highest BCUT2D eigenvalue weighted by Crippen LogP contribution is 2.36. The summed E-state index contributed by atoms with van der Waals surface area (Å²) in [5, 5.41) is 13.0. The van der Waals surface area contributed by atoms with Crippen molar-refractivity contribution in [3.63, 3.8) is 0 Å². The van der Waals surface area contributed by atoms with Gasteiger partial charge in [-0.2, -0.15) is 0 Å². The van der Waals surface area contributed by atoms with Crippen LogP contribution in [0.25, 0.3) is 0 Å². The number of aliphatic imine (C=N–C) groups is 1. The van der Waals surface area contributed by atoms with E-state index < -0.39 is 15.8 Å². The number of carbonyl (C=O) groups excluding carboxylic acids is 2. The van der Waals surface area contributed by atoms with Crippen LogP contribution in [0.5, 0.6) is 0 Å². The Hall–Kier alpha value is -3.59. The second-order valence-electron chi connectivity index (χ2n) is 8.41. The van der Waals surface area contributed by atoms with E-state index in [-0.39, 0.29) is 46.1 Å². The average Bonchev–Trinajstić information content (AvgIpc) is 2.82. The molecule has 35 heavy (non-hydrogen) atoms. The fraction of sp³-hybridized carbons (Fsp3) is 0.308. The fourth-order valence-corrected chi connectivity index (χ4v) is 5.01. The number of nitrogens with one attached hydrogen (secondary N) is 1. The van der Waals surface area contributed by atoms with Crippen molar-refractivity contribution < 1.29 is 23.1 Å². The summed E-state index contributed by atoms with van der Waals surface area (Å²) in [5.41, 5.74) is 1.90. The van der Waals surface area contributed by atoms with Crippen LogP contribution in [0, 0.1) is 11.8 Å². The van der Waals surface area contributed by atoms with Gasteiger partial charge in [-0.25, -0.2) is 13.4 Å². The van der Waals surface area contributed by atoms with E-state index in [2.05, 4.69) is 22.0 Å². The number of sulfone groups is 1. The summed E-state index contributed by atoms with van der Waals surface area (Å²) in [6.07, 6.45) is 3.65. The zero-order chi connectivity index (χ0) is 25.8. The van der Waals surface area contributed by atoms with Gasteiger partial charge in [0.05, 0.1) is 34.4 Å². The molecule has 1 amide bonds. The van der Waals surface area contributed by atoms with Crippen molar-refractivity contribution in [1.29, 1.82) is 0 Å². The number of amides is 1. The maximum atomic E-state index is 13.2. The van der Waals surface area contributed by atoms with Gasteiger partial charge in [0.15, 0.2) is 15.6 Å². The first-order valence-electron chi connectivity index (χ1n) is 11.3. The van der Waals surface area contributed by atoms with Gasteiger partial charge in [0.25, 0.3) is 0 Å². The summed E-state index contributed by atoms with van der Waals surface area (Å²) in [7, 11) is -3.30. The van der Waals surface area contributed by atoms with Gasteiger partial charge < -0.3 is 10.4 Å². The van der Waals surface area contributed by atoms with Crippen LogP contribution in [0.3, 0.4) is 0 Å². The second kappa shape index (κ2) is 10.8. The lowest BCUT2D eigenvalue weighted by atomic mass is 9.75. The van der Waals surface area contributed by atoms with Gasteiger partial charge in [-0.3, -0.25) is 14.6 Å². The normalized spacial score (nSPS) is 18.7. The number of carbonyl (C=O) groups is 2. The molecule has 2 N–H and O–H groups in total.